The molecular weight excluding hydrogens is 498 g/mol. The third-order valence-electron chi connectivity index (χ3n) is 7.13. The summed E-state index contributed by atoms with van der Waals surface area (Å²) in [4.78, 5) is 39.7. The van der Waals surface area contributed by atoms with E-state index >= 15 is 0 Å². The molecule has 2 amide bonds. The Hall–Kier alpha value is -3.66. The smallest absolute Gasteiger partial charge is 0.410 e. The van der Waals surface area contributed by atoms with Crippen molar-refractivity contribution in [2.24, 2.45) is 5.92 Å². The van der Waals surface area contributed by atoms with Crippen molar-refractivity contribution in [3.8, 4) is 17.0 Å². The molecule has 1 saturated heterocycles. The number of aromatic amines is 1. The predicted molar refractivity (Wildman–Crippen MR) is 147 cm³/mol. The maximum absolute atomic E-state index is 13.5. The van der Waals surface area contributed by atoms with Crippen LogP contribution >= 0.6 is 0 Å². The fraction of sp³-hybridized carbons (Fsp3) is 0.517. The summed E-state index contributed by atoms with van der Waals surface area (Å²) in [7, 11) is 0. The van der Waals surface area contributed by atoms with Crippen LogP contribution in [0.1, 0.15) is 62.2 Å². The molecule has 2 fully saturated rings. The molecule has 10 heteroatoms. The van der Waals surface area contributed by atoms with Gasteiger partial charge >= 0.3 is 6.09 Å². The number of H-pyrrole nitrogens is 1. The van der Waals surface area contributed by atoms with Gasteiger partial charge in [0.25, 0.3) is 5.91 Å². The van der Waals surface area contributed by atoms with Gasteiger partial charge in [0.1, 0.15) is 28.9 Å². The van der Waals surface area contributed by atoms with E-state index in [-0.39, 0.29) is 19.0 Å². The SMILES string of the molecule is CCc1ccc(OCC2CC2)c(-c2ncnc3c(C(=O)N[C@@H]4CN(C(=O)OC(C)(C)C)C[C@H]4O)c(C)[nH]c23)c1. The molecule has 1 saturated carbocycles. The van der Waals surface area contributed by atoms with E-state index < -0.39 is 23.8 Å². The number of amides is 2. The first-order chi connectivity index (χ1) is 18.5. The highest BCUT2D eigenvalue weighted by molar-refractivity contribution is 6.09. The van der Waals surface area contributed by atoms with E-state index in [1.54, 1.807) is 20.8 Å². The Morgan fingerprint density at radius 1 is 1.21 bits per heavy atom. The number of carbonyl (C=O) groups excluding carboxylic acids is 2. The Morgan fingerprint density at radius 2 is 1.97 bits per heavy atom. The fourth-order valence-electron chi connectivity index (χ4n) is 4.85. The zero-order valence-corrected chi connectivity index (χ0v) is 23.2. The number of hydrogen-bond donors (Lipinski definition) is 3. The van der Waals surface area contributed by atoms with E-state index in [4.69, 9.17) is 9.47 Å². The molecule has 3 N–H and O–H groups in total. The highest BCUT2D eigenvalue weighted by Crippen LogP contribution is 2.37. The lowest BCUT2D eigenvalue weighted by Gasteiger charge is -2.24. The molecule has 0 unspecified atom stereocenters. The van der Waals surface area contributed by atoms with Crippen LogP contribution in [-0.4, -0.2) is 74.4 Å². The fourth-order valence-corrected chi connectivity index (χ4v) is 4.85. The molecule has 2 aromatic heterocycles. The zero-order valence-electron chi connectivity index (χ0n) is 23.2. The Kier molecular flexibility index (Phi) is 7.24. The van der Waals surface area contributed by atoms with Crippen molar-refractivity contribution in [2.45, 2.75) is 71.6 Å². The van der Waals surface area contributed by atoms with Gasteiger partial charge in [0.05, 0.1) is 36.4 Å². The predicted octanol–water partition coefficient (Wildman–Crippen LogP) is 3.99. The van der Waals surface area contributed by atoms with Crippen LogP contribution in [0.3, 0.4) is 0 Å². The standard InChI is InChI=1S/C29H37N5O5/c1-6-17-9-10-22(38-14-18-7-8-18)19(11-17)24-26-25(31-15-30-24)23(16(2)32-26)27(36)33-20-12-34(13-21(20)35)28(37)39-29(3,4)5/h9-11,15,18,20-21,32,35H,6-8,12-14H2,1-5H3,(H,33,36)/t20-,21-/m1/s1. The number of nitrogens with zero attached hydrogens (tertiary/aromatic N) is 3. The third-order valence-corrected chi connectivity index (χ3v) is 7.13. The Bertz CT molecular complexity index is 1390. The number of hydrogen-bond acceptors (Lipinski definition) is 7. The van der Waals surface area contributed by atoms with Crippen LogP contribution in [0, 0.1) is 12.8 Å². The first-order valence-corrected chi connectivity index (χ1v) is 13.6. The van der Waals surface area contributed by atoms with Crippen molar-refractivity contribution in [2.75, 3.05) is 19.7 Å². The molecule has 0 bridgehead atoms. The number of β-amino-alcohol motifs (C(OH)–C–C–N with tert-alkyl or cyclic N) is 1. The summed E-state index contributed by atoms with van der Waals surface area (Å²) in [5, 5.41) is 13.5. The van der Waals surface area contributed by atoms with Crippen molar-refractivity contribution < 1.29 is 24.2 Å². The van der Waals surface area contributed by atoms with Gasteiger partial charge in [-0.3, -0.25) is 4.79 Å². The largest absolute Gasteiger partial charge is 0.493 e. The number of carbonyl (C=O) groups is 2. The van der Waals surface area contributed by atoms with E-state index in [1.165, 1.54) is 24.1 Å². The van der Waals surface area contributed by atoms with Gasteiger partial charge in [-0.25, -0.2) is 14.8 Å². The second kappa shape index (κ2) is 10.5. The molecule has 208 valence electrons. The van der Waals surface area contributed by atoms with Crippen LogP contribution < -0.4 is 10.1 Å². The second-order valence-corrected chi connectivity index (χ2v) is 11.5. The minimum absolute atomic E-state index is 0.0798. The summed E-state index contributed by atoms with van der Waals surface area (Å²) >= 11 is 0. The Labute approximate surface area is 228 Å². The highest BCUT2D eigenvalue weighted by Gasteiger charge is 2.37. The third kappa shape index (κ3) is 5.85. The number of aliphatic hydroxyl groups excluding tert-OH is 1. The molecule has 10 nitrogen and oxygen atoms in total. The molecule has 1 aliphatic heterocycles. The number of rotatable bonds is 7. The van der Waals surface area contributed by atoms with Crippen molar-refractivity contribution in [3.63, 3.8) is 0 Å². The number of aromatic nitrogens is 3. The number of aryl methyl sites for hydroxylation is 2. The van der Waals surface area contributed by atoms with Gasteiger partial charge in [-0.15, -0.1) is 0 Å². The minimum Gasteiger partial charge on any atom is -0.493 e. The van der Waals surface area contributed by atoms with Gasteiger partial charge in [-0.05, 0) is 70.6 Å². The molecule has 3 aromatic rings. The Balaban J connectivity index is 1.41. The summed E-state index contributed by atoms with van der Waals surface area (Å²) in [5.74, 6) is 0.981. The summed E-state index contributed by atoms with van der Waals surface area (Å²) in [6, 6.07) is 5.50. The van der Waals surface area contributed by atoms with Gasteiger partial charge in [-0.1, -0.05) is 13.0 Å². The molecular formula is C29H37N5O5. The topological polar surface area (TPSA) is 130 Å². The summed E-state index contributed by atoms with van der Waals surface area (Å²) < 4.78 is 11.6. The van der Waals surface area contributed by atoms with Gasteiger partial charge in [0.2, 0.25) is 0 Å². The molecule has 2 aliphatic rings. The molecule has 1 aliphatic carbocycles. The zero-order chi connectivity index (χ0) is 27.9. The minimum atomic E-state index is -0.917. The molecule has 1 aromatic carbocycles. The van der Waals surface area contributed by atoms with Crippen LogP contribution in [0.5, 0.6) is 5.75 Å². The molecule has 3 heterocycles. The average molecular weight is 536 g/mol. The molecule has 39 heavy (non-hydrogen) atoms. The number of aliphatic hydroxyl groups is 1. The Morgan fingerprint density at radius 3 is 2.67 bits per heavy atom. The van der Waals surface area contributed by atoms with Crippen LogP contribution in [0.15, 0.2) is 24.5 Å². The highest BCUT2D eigenvalue weighted by atomic mass is 16.6. The first-order valence-electron chi connectivity index (χ1n) is 13.6. The molecule has 0 spiro atoms. The van der Waals surface area contributed by atoms with Gasteiger partial charge in [0, 0.05) is 17.8 Å². The molecule has 2 atom stereocenters. The maximum atomic E-state index is 13.5. The first kappa shape index (κ1) is 26.9. The summed E-state index contributed by atoms with van der Waals surface area (Å²) in [6.07, 6.45) is 3.28. The maximum Gasteiger partial charge on any atom is 0.410 e. The van der Waals surface area contributed by atoms with E-state index in [9.17, 15) is 14.7 Å². The average Bonchev–Trinajstić information content (AvgIpc) is 3.54. The van der Waals surface area contributed by atoms with Crippen molar-refractivity contribution in [1.82, 2.24) is 25.2 Å². The van der Waals surface area contributed by atoms with E-state index in [0.29, 0.717) is 40.5 Å². The monoisotopic (exact) mass is 535 g/mol. The van der Waals surface area contributed by atoms with E-state index in [1.807, 2.05) is 13.0 Å². The van der Waals surface area contributed by atoms with Crippen LogP contribution in [0.4, 0.5) is 4.79 Å². The van der Waals surface area contributed by atoms with Crippen molar-refractivity contribution >= 4 is 23.0 Å². The van der Waals surface area contributed by atoms with E-state index in [2.05, 4.69) is 39.3 Å². The van der Waals surface area contributed by atoms with E-state index in [0.717, 1.165) is 23.3 Å². The molecule has 0 radical (unpaired) electrons. The number of likely N-dealkylation sites (tertiary alicyclic amines) is 1. The summed E-state index contributed by atoms with van der Waals surface area (Å²) in [6.45, 7) is 10.2. The van der Waals surface area contributed by atoms with Gasteiger partial charge in [-0.2, -0.15) is 0 Å². The van der Waals surface area contributed by atoms with Gasteiger partial charge in [0.15, 0.2) is 0 Å². The number of fused-ring (bicyclic) bond motifs is 1. The number of benzene rings is 1. The second-order valence-electron chi connectivity index (χ2n) is 11.5. The summed E-state index contributed by atoms with van der Waals surface area (Å²) in [5.41, 5.74) is 4.17. The normalized spacial score (nSPS) is 19.4. The van der Waals surface area contributed by atoms with Crippen molar-refractivity contribution in [3.05, 3.63) is 41.3 Å². The lowest BCUT2D eigenvalue weighted by atomic mass is 10.0. The van der Waals surface area contributed by atoms with Crippen LogP contribution in [0.25, 0.3) is 22.3 Å². The lowest BCUT2D eigenvalue weighted by Crippen LogP contribution is -2.43. The lowest BCUT2D eigenvalue weighted by molar-refractivity contribution is 0.0269. The number of ether oxygens (including phenoxy) is 2. The number of nitrogens with one attached hydrogen (secondary N) is 2. The quantitative estimate of drug-likeness (QED) is 0.417. The van der Waals surface area contributed by atoms with Crippen molar-refractivity contribution in [1.29, 1.82) is 0 Å². The van der Waals surface area contributed by atoms with Gasteiger partial charge < -0.3 is 29.8 Å². The molecule has 5 rings (SSSR count). The van der Waals surface area contributed by atoms with Crippen LogP contribution in [-0.2, 0) is 11.2 Å². The van der Waals surface area contributed by atoms with Crippen LogP contribution in [0.2, 0.25) is 0 Å².